The lowest BCUT2D eigenvalue weighted by Gasteiger charge is -2.04. The lowest BCUT2D eigenvalue weighted by atomic mass is 10.1. The van der Waals surface area contributed by atoms with Crippen LogP contribution in [0.1, 0.15) is 49.4 Å². The predicted molar refractivity (Wildman–Crippen MR) is 87.6 cm³/mol. The maximum absolute atomic E-state index is 5.90. The van der Waals surface area contributed by atoms with Crippen molar-refractivity contribution >= 4 is 11.3 Å². The molecule has 0 atom stereocenters. The molecule has 0 saturated heterocycles. The van der Waals surface area contributed by atoms with Gasteiger partial charge in [0.25, 0.3) is 0 Å². The van der Waals surface area contributed by atoms with Gasteiger partial charge in [-0.1, -0.05) is 20.3 Å². The molecule has 0 saturated carbocycles. The minimum Gasteiger partial charge on any atom is -0.438 e. The van der Waals surface area contributed by atoms with Crippen LogP contribution in [0, 0.1) is 5.92 Å². The van der Waals surface area contributed by atoms with Gasteiger partial charge < -0.3 is 9.73 Å². The van der Waals surface area contributed by atoms with E-state index in [0.29, 0.717) is 12.5 Å². The molecule has 21 heavy (non-hydrogen) atoms. The summed E-state index contributed by atoms with van der Waals surface area (Å²) in [5.74, 6) is 2.36. The molecule has 0 radical (unpaired) electrons. The van der Waals surface area contributed by atoms with Gasteiger partial charge in [-0.25, -0.2) is 4.98 Å². The highest BCUT2D eigenvalue weighted by molar-refractivity contribution is 7.15. The summed E-state index contributed by atoms with van der Waals surface area (Å²) >= 11 is 1.89. The molecule has 0 fully saturated rings. The quantitative estimate of drug-likeness (QED) is 0.831. The molecule has 0 unspecified atom stereocenters. The zero-order valence-electron chi connectivity index (χ0n) is 12.9. The first-order valence-electron chi connectivity index (χ1n) is 8.00. The second-order valence-electron chi connectivity index (χ2n) is 6.26. The van der Waals surface area contributed by atoms with E-state index in [2.05, 4.69) is 30.2 Å². The minimum atomic E-state index is 0.646. The van der Waals surface area contributed by atoms with E-state index in [-0.39, 0.29) is 0 Å². The minimum absolute atomic E-state index is 0.646. The third-order valence-corrected chi connectivity index (χ3v) is 5.12. The molecule has 1 aliphatic rings. The molecule has 0 aromatic carbocycles. The summed E-state index contributed by atoms with van der Waals surface area (Å²) in [4.78, 5) is 7.19. The molecule has 1 aliphatic carbocycles. The zero-order valence-corrected chi connectivity index (χ0v) is 13.8. The van der Waals surface area contributed by atoms with Crippen molar-refractivity contribution in [2.45, 2.75) is 52.5 Å². The molecule has 0 spiro atoms. The Morgan fingerprint density at radius 3 is 3.00 bits per heavy atom. The van der Waals surface area contributed by atoms with Crippen LogP contribution in [0.3, 0.4) is 0 Å². The van der Waals surface area contributed by atoms with Crippen molar-refractivity contribution in [2.24, 2.45) is 5.92 Å². The number of nitrogens with zero attached hydrogens (tertiary/aromatic N) is 1. The van der Waals surface area contributed by atoms with Gasteiger partial charge in [-0.05, 0) is 49.8 Å². The van der Waals surface area contributed by atoms with Crippen LogP contribution in [0.4, 0.5) is 0 Å². The number of aromatic nitrogens is 1. The van der Waals surface area contributed by atoms with Gasteiger partial charge in [0.05, 0.1) is 17.6 Å². The van der Waals surface area contributed by atoms with Gasteiger partial charge in [0, 0.05) is 4.88 Å². The average molecular weight is 304 g/mol. The van der Waals surface area contributed by atoms with E-state index in [9.17, 15) is 0 Å². The molecule has 0 aliphatic heterocycles. The van der Waals surface area contributed by atoms with Crippen molar-refractivity contribution < 1.29 is 4.42 Å². The van der Waals surface area contributed by atoms with Crippen LogP contribution >= 0.6 is 11.3 Å². The highest BCUT2D eigenvalue weighted by Crippen LogP contribution is 2.35. The van der Waals surface area contributed by atoms with Gasteiger partial charge >= 0.3 is 0 Å². The lowest BCUT2D eigenvalue weighted by molar-refractivity contribution is 0.459. The maximum Gasteiger partial charge on any atom is 0.208 e. The second kappa shape index (κ2) is 6.75. The van der Waals surface area contributed by atoms with E-state index in [0.717, 1.165) is 18.2 Å². The van der Waals surface area contributed by atoms with Crippen LogP contribution in [0.15, 0.2) is 16.7 Å². The topological polar surface area (TPSA) is 38.1 Å². The first kappa shape index (κ1) is 14.8. The zero-order chi connectivity index (χ0) is 14.7. The fourth-order valence-electron chi connectivity index (χ4n) is 2.76. The number of thiophene rings is 1. The Kier molecular flexibility index (Phi) is 4.76. The largest absolute Gasteiger partial charge is 0.438 e. The Bertz CT molecular complexity index is 562. The summed E-state index contributed by atoms with van der Waals surface area (Å²) in [6, 6.07) is 2.32. The number of hydrogen-bond donors (Lipinski definition) is 1. The maximum atomic E-state index is 5.90. The van der Waals surface area contributed by atoms with Gasteiger partial charge in [0.1, 0.15) is 0 Å². The average Bonchev–Trinajstić information content (AvgIpc) is 3.01. The number of hydrogen-bond acceptors (Lipinski definition) is 4. The second-order valence-corrected chi connectivity index (χ2v) is 7.40. The Morgan fingerprint density at radius 2 is 2.14 bits per heavy atom. The Morgan fingerprint density at radius 1 is 1.29 bits per heavy atom. The van der Waals surface area contributed by atoms with E-state index in [1.165, 1.54) is 42.5 Å². The molecular weight excluding hydrogens is 280 g/mol. The molecule has 0 amide bonds. The summed E-state index contributed by atoms with van der Waals surface area (Å²) in [7, 11) is 0. The molecule has 114 valence electrons. The van der Waals surface area contributed by atoms with Crippen LogP contribution < -0.4 is 5.32 Å². The fraction of sp³-hybridized carbons (Fsp3) is 0.588. The summed E-state index contributed by atoms with van der Waals surface area (Å²) in [6.45, 7) is 6.10. The highest BCUT2D eigenvalue weighted by Gasteiger charge is 2.15. The van der Waals surface area contributed by atoms with Gasteiger partial charge in [-0.15, -0.1) is 11.3 Å². The number of aryl methyl sites for hydroxylation is 2. The van der Waals surface area contributed by atoms with E-state index in [1.807, 2.05) is 17.5 Å². The van der Waals surface area contributed by atoms with Crippen molar-refractivity contribution in [1.82, 2.24) is 10.3 Å². The first-order chi connectivity index (χ1) is 10.2. The van der Waals surface area contributed by atoms with Crippen LogP contribution in [-0.2, 0) is 19.4 Å². The van der Waals surface area contributed by atoms with Crippen molar-refractivity contribution in [1.29, 1.82) is 0 Å². The SMILES string of the molecule is CC(C)CNCc1ncc(-c2cc3c(s2)CCCCC3)o1. The molecule has 3 rings (SSSR count). The van der Waals surface area contributed by atoms with Crippen LogP contribution in [0.25, 0.3) is 10.6 Å². The van der Waals surface area contributed by atoms with E-state index in [1.54, 1.807) is 4.88 Å². The van der Waals surface area contributed by atoms with Gasteiger partial charge in [0.2, 0.25) is 5.89 Å². The molecule has 2 aromatic heterocycles. The molecule has 1 N–H and O–H groups in total. The smallest absolute Gasteiger partial charge is 0.208 e. The van der Waals surface area contributed by atoms with Crippen molar-refractivity contribution in [3.05, 3.63) is 28.6 Å². The van der Waals surface area contributed by atoms with Gasteiger partial charge in [0.15, 0.2) is 5.76 Å². The van der Waals surface area contributed by atoms with Crippen LogP contribution in [0.5, 0.6) is 0 Å². The van der Waals surface area contributed by atoms with Crippen molar-refractivity contribution in [3.8, 4) is 10.6 Å². The first-order valence-corrected chi connectivity index (χ1v) is 8.81. The molecule has 2 aromatic rings. The van der Waals surface area contributed by atoms with Crippen LogP contribution in [-0.4, -0.2) is 11.5 Å². The van der Waals surface area contributed by atoms with E-state index < -0.39 is 0 Å². The number of fused-ring (bicyclic) bond motifs is 1. The monoisotopic (exact) mass is 304 g/mol. The molecule has 4 heteroatoms. The highest BCUT2D eigenvalue weighted by atomic mass is 32.1. The van der Waals surface area contributed by atoms with Crippen molar-refractivity contribution in [3.63, 3.8) is 0 Å². The van der Waals surface area contributed by atoms with Crippen molar-refractivity contribution in [2.75, 3.05) is 6.54 Å². The summed E-state index contributed by atoms with van der Waals surface area (Å²) in [5.41, 5.74) is 1.53. The lowest BCUT2D eigenvalue weighted by Crippen LogP contribution is -2.18. The third-order valence-electron chi connectivity index (χ3n) is 3.87. The molecule has 2 heterocycles. The predicted octanol–water partition coefficient (Wildman–Crippen LogP) is 4.42. The standard InChI is InChI=1S/C17H24N2OS/c1-12(2)9-18-11-17-19-10-14(20-17)16-8-13-6-4-3-5-7-15(13)21-16/h8,10,12,18H,3-7,9,11H2,1-2H3. The van der Waals surface area contributed by atoms with E-state index in [4.69, 9.17) is 4.42 Å². The Labute approximate surface area is 130 Å². The molecule has 3 nitrogen and oxygen atoms in total. The van der Waals surface area contributed by atoms with Gasteiger partial charge in [-0.2, -0.15) is 0 Å². The van der Waals surface area contributed by atoms with Crippen LogP contribution in [0.2, 0.25) is 0 Å². The molecule has 0 bridgehead atoms. The normalized spacial score (nSPS) is 15.2. The summed E-state index contributed by atoms with van der Waals surface area (Å²) in [5, 5.41) is 3.37. The summed E-state index contributed by atoms with van der Waals surface area (Å²) in [6.07, 6.45) is 8.35. The number of rotatable bonds is 5. The van der Waals surface area contributed by atoms with Gasteiger partial charge in [-0.3, -0.25) is 0 Å². The van der Waals surface area contributed by atoms with E-state index >= 15 is 0 Å². The molecular formula is C17H24N2OS. The Balaban J connectivity index is 1.68. The third kappa shape index (κ3) is 3.74. The fourth-order valence-corrected chi connectivity index (χ4v) is 3.96. The number of nitrogens with one attached hydrogen (secondary N) is 1. The Hall–Kier alpha value is -1.13. The summed E-state index contributed by atoms with van der Waals surface area (Å²) < 4.78 is 5.90. The number of oxazole rings is 1.